The predicted molar refractivity (Wildman–Crippen MR) is 75.2 cm³/mol. The van der Waals surface area contributed by atoms with Crippen LogP contribution in [0, 0.1) is 10.1 Å². The monoisotopic (exact) mass is 304 g/mol. The van der Waals surface area contributed by atoms with Gasteiger partial charge in [-0.1, -0.05) is 23.2 Å². The summed E-state index contributed by atoms with van der Waals surface area (Å²) in [4.78, 5) is 12.4. The lowest BCUT2D eigenvalue weighted by Crippen LogP contribution is -2.46. The second kappa shape index (κ2) is 5.15. The first-order chi connectivity index (χ1) is 8.80. The van der Waals surface area contributed by atoms with E-state index in [4.69, 9.17) is 23.2 Å². The maximum absolute atomic E-state index is 11.1. The van der Waals surface area contributed by atoms with Gasteiger partial charge < -0.3 is 10.0 Å². The van der Waals surface area contributed by atoms with Gasteiger partial charge >= 0.3 is 0 Å². The van der Waals surface area contributed by atoms with Crippen molar-refractivity contribution >= 4 is 34.6 Å². The van der Waals surface area contributed by atoms with Crippen LogP contribution >= 0.6 is 23.2 Å². The normalized spacial score (nSPS) is 23.5. The van der Waals surface area contributed by atoms with Gasteiger partial charge in [-0.05, 0) is 25.8 Å². The summed E-state index contributed by atoms with van der Waals surface area (Å²) in [5.41, 5.74) is -0.537. The molecule has 0 radical (unpaired) electrons. The topological polar surface area (TPSA) is 66.6 Å². The molecule has 0 spiro atoms. The van der Waals surface area contributed by atoms with Gasteiger partial charge in [-0.2, -0.15) is 0 Å². The van der Waals surface area contributed by atoms with Crippen LogP contribution in [0.5, 0.6) is 0 Å². The van der Waals surface area contributed by atoms with Gasteiger partial charge in [0.2, 0.25) is 0 Å². The van der Waals surface area contributed by atoms with E-state index < -0.39 is 10.5 Å². The summed E-state index contributed by atoms with van der Waals surface area (Å²) in [5.74, 6) is 0. The molecule has 1 aromatic rings. The van der Waals surface area contributed by atoms with E-state index in [2.05, 4.69) is 0 Å². The van der Waals surface area contributed by atoms with Crippen LogP contribution in [0.4, 0.5) is 11.4 Å². The van der Waals surface area contributed by atoms with Gasteiger partial charge in [-0.25, -0.2) is 0 Å². The highest BCUT2D eigenvalue weighted by molar-refractivity contribution is 6.42. The average Bonchev–Trinajstić information content (AvgIpc) is 2.30. The third-order valence-electron chi connectivity index (χ3n) is 3.23. The van der Waals surface area contributed by atoms with E-state index in [1.807, 2.05) is 0 Å². The number of nitro groups is 1. The Morgan fingerprint density at radius 2 is 2.05 bits per heavy atom. The van der Waals surface area contributed by atoms with Gasteiger partial charge in [0.25, 0.3) is 5.69 Å². The second-order valence-corrected chi connectivity index (χ2v) is 5.85. The molecule has 0 amide bonds. The predicted octanol–water partition coefficient (Wildman–Crippen LogP) is 3.25. The zero-order chi connectivity index (χ0) is 14.2. The summed E-state index contributed by atoms with van der Waals surface area (Å²) in [6.45, 7) is 2.71. The zero-order valence-corrected chi connectivity index (χ0v) is 11.9. The van der Waals surface area contributed by atoms with Crippen molar-refractivity contribution in [2.75, 3.05) is 18.0 Å². The molecule has 1 unspecified atom stereocenters. The molecule has 0 bridgehead atoms. The minimum Gasteiger partial charge on any atom is -0.388 e. The SMILES string of the molecule is CC1(O)CCCN(c2cc(Cl)c(Cl)cc2[N+](=O)[O-])C1. The summed E-state index contributed by atoms with van der Waals surface area (Å²) in [7, 11) is 0. The van der Waals surface area contributed by atoms with Gasteiger partial charge in [0.15, 0.2) is 0 Å². The number of halogens is 2. The summed E-state index contributed by atoms with van der Waals surface area (Å²) in [5, 5.41) is 21.6. The molecule has 104 valence electrons. The van der Waals surface area contributed by atoms with E-state index in [0.29, 0.717) is 25.2 Å². The highest BCUT2D eigenvalue weighted by Gasteiger charge is 2.32. The van der Waals surface area contributed by atoms with Gasteiger partial charge in [-0.15, -0.1) is 0 Å². The van der Waals surface area contributed by atoms with Gasteiger partial charge in [-0.3, -0.25) is 10.1 Å². The number of β-amino-alcohol motifs (C(OH)–C–C–N with tert-alkyl or cyclic N) is 1. The van der Waals surface area contributed by atoms with Crippen LogP contribution in [0.25, 0.3) is 0 Å². The second-order valence-electron chi connectivity index (χ2n) is 5.03. The van der Waals surface area contributed by atoms with Crippen LogP contribution in [0.1, 0.15) is 19.8 Å². The van der Waals surface area contributed by atoms with Crippen LogP contribution in [-0.2, 0) is 0 Å². The molecule has 1 atom stereocenters. The maximum Gasteiger partial charge on any atom is 0.294 e. The van der Waals surface area contributed by atoms with Crippen molar-refractivity contribution in [2.24, 2.45) is 0 Å². The fraction of sp³-hybridized carbons (Fsp3) is 0.500. The molecule has 0 aromatic heterocycles. The minimum atomic E-state index is -0.849. The summed E-state index contributed by atoms with van der Waals surface area (Å²) in [6, 6.07) is 2.74. The van der Waals surface area contributed by atoms with Gasteiger partial charge in [0, 0.05) is 19.2 Å². The lowest BCUT2D eigenvalue weighted by molar-refractivity contribution is -0.384. The first-order valence-electron chi connectivity index (χ1n) is 5.91. The number of hydrogen-bond donors (Lipinski definition) is 1. The van der Waals surface area contributed by atoms with E-state index in [1.165, 1.54) is 12.1 Å². The van der Waals surface area contributed by atoms with E-state index in [1.54, 1.807) is 11.8 Å². The van der Waals surface area contributed by atoms with Gasteiger partial charge in [0.05, 0.1) is 20.6 Å². The lowest BCUT2D eigenvalue weighted by Gasteiger charge is -2.38. The highest BCUT2D eigenvalue weighted by Crippen LogP contribution is 2.38. The Morgan fingerprint density at radius 3 is 2.63 bits per heavy atom. The molecule has 1 fully saturated rings. The van der Waals surface area contributed by atoms with E-state index >= 15 is 0 Å². The van der Waals surface area contributed by atoms with Crippen molar-refractivity contribution in [3.8, 4) is 0 Å². The Morgan fingerprint density at radius 1 is 1.42 bits per heavy atom. The van der Waals surface area contributed by atoms with Crippen molar-refractivity contribution in [3.05, 3.63) is 32.3 Å². The number of aliphatic hydroxyl groups is 1. The Kier molecular flexibility index (Phi) is 3.90. The summed E-state index contributed by atoms with van der Waals surface area (Å²) >= 11 is 11.8. The molecule has 1 saturated heterocycles. The third-order valence-corrected chi connectivity index (χ3v) is 3.95. The van der Waals surface area contributed by atoms with Crippen LogP contribution in [0.3, 0.4) is 0 Å². The van der Waals surface area contributed by atoms with Gasteiger partial charge in [0.1, 0.15) is 5.69 Å². The summed E-state index contributed by atoms with van der Waals surface area (Å²) in [6.07, 6.45) is 1.45. The van der Waals surface area contributed by atoms with E-state index in [9.17, 15) is 15.2 Å². The molecular formula is C12H14Cl2N2O3. The van der Waals surface area contributed by atoms with Crippen LogP contribution < -0.4 is 4.90 Å². The molecule has 5 nitrogen and oxygen atoms in total. The molecular weight excluding hydrogens is 291 g/mol. The standard InChI is InChI=1S/C12H14Cl2N2O3/c1-12(17)3-2-4-15(7-12)10-5-8(13)9(14)6-11(10)16(18)19/h5-6,17H,2-4,7H2,1H3. The molecule has 0 aliphatic carbocycles. The van der Waals surface area contributed by atoms with E-state index in [0.717, 1.165) is 6.42 Å². The van der Waals surface area contributed by atoms with E-state index in [-0.39, 0.29) is 15.7 Å². The van der Waals surface area contributed by atoms with Crippen molar-refractivity contribution in [2.45, 2.75) is 25.4 Å². The minimum absolute atomic E-state index is 0.0906. The fourth-order valence-electron chi connectivity index (χ4n) is 2.35. The molecule has 2 rings (SSSR count). The largest absolute Gasteiger partial charge is 0.388 e. The Hall–Kier alpha value is -1.04. The average molecular weight is 305 g/mol. The molecule has 1 aromatic carbocycles. The summed E-state index contributed by atoms with van der Waals surface area (Å²) < 4.78 is 0. The molecule has 1 heterocycles. The Labute approximate surface area is 120 Å². The molecule has 7 heteroatoms. The fourth-order valence-corrected chi connectivity index (χ4v) is 2.67. The number of rotatable bonds is 2. The third kappa shape index (κ3) is 3.11. The number of piperidine rings is 1. The van der Waals surface area contributed by atoms with Crippen LogP contribution in [-0.4, -0.2) is 28.7 Å². The Bertz CT molecular complexity index is 520. The van der Waals surface area contributed by atoms with Crippen molar-refractivity contribution in [3.63, 3.8) is 0 Å². The van der Waals surface area contributed by atoms with Crippen molar-refractivity contribution in [1.29, 1.82) is 0 Å². The number of nitrogens with zero attached hydrogens (tertiary/aromatic N) is 2. The first-order valence-corrected chi connectivity index (χ1v) is 6.66. The zero-order valence-electron chi connectivity index (χ0n) is 10.4. The number of benzene rings is 1. The molecule has 19 heavy (non-hydrogen) atoms. The van der Waals surface area contributed by atoms with Crippen LogP contribution in [0.15, 0.2) is 12.1 Å². The van der Waals surface area contributed by atoms with Crippen molar-refractivity contribution < 1.29 is 10.0 Å². The molecule has 1 N–H and O–H groups in total. The first kappa shape index (κ1) is 14.4. The molecule has 1 aliphatic heterocycles. The molecule has 0 saturated carbocycles. The number of hydrogen-bond acceptors (Lipinski definition) is 4. The van der Waals surface area contributed by atoms with Crippen molar-refractivity contribution in [1.82, 2.24) is 0 Å². The Balaban J connectivity index is 2.43. The quantitative estimate of drug-likeness (QED) is 0.673. The highest BCUT2D eigenvalue weighted by atomic mass is 35.5. The smallest absolute Gasteiger partial charge is 0.294 e. The number of nitro benzene ring substituents is 1. The van der Waals surface area contributed by atoms with Crippen LogP contribution in [0.2, 0.25) is 10.0 Å². The molecule has 1 aliphatic rings. The maximum atomic E-state index is 11.1. The lowest BCUT2D eigenvalue weighted by atomic mass is 9.94. The number of anilines is 1.